The summed E-state index contributed by atoms with van der Waals surface area (Å²) in [6.45, 7) is 8.34. The Kier molecular flexibility index (Phi) is 1.32. The second-order valence-electron chi connectivity index (χ2n) is 4.45. The van der Waals surface area contributed by atoms with Gasteiger partial charge in [0.15, 0.2) is 6.21 Å². The van der Waals surface area contributed by atoms with Gasteiger partial charge in [0.2, 0.25) is 5.54 Å². The molecule has 58 valence electrons. The molecule has 0 fully saturated rings. The summed E-state index contributed by atoms with van der Waals surface area (Å²) in [4.78, 5) is 0. The molecule has 1 rings (SSSR count). The van der Waals surface area contributed by atoms with Crippen molar-refractivity contribution >= 4 is 6.21 Å². The SMILES string of the molecule is CC1(C)C=[N+](O)C(C)(C)C1. The molecule has 0 bridgehead atoms. The van der Waals surface area contributed by atoms with Gasteiger partial charge in [0.05, 0.1) is 5.41 Å². The summed E-state index contributed by atoms with van der Waals surface area (Å²) in [5.41, 5.74) is 0.0712. The number of nitrogens with zero attached hydrogens (tertiary/aromatic N) is 1. The first-order valence-corrected chi connectivity index (χ1v) is 3.68. The molecule has 0 saturated carbocycles. The lowest BCUT2D eigenvalue weighted by atomic mass is 9.85. The summed E-state index contributed by atoms with van der Waals surface area (Å²) in [5, 5.41) is 9.37. The molecule has 2 nitrogen and oxygen atoms in total. The van der Waals surface area contributed by atoms with Crippen LogP contribution in [0.1, 0.15) is 34.1 Å². The lowest BCUT2D eigenvalue weighted by molar-refractivity contribution is -0.814. The van der Waals surface area contributed by atoms with Crippen LogP contribution in [0.4, 0.5) is 0 Å². The second kappa shape index (κ2) is 1.74. The zero-order valence-electron chi connectivity index (χ0n) is 7.18. The first kappa shape index (κ1) is 7.58. The third-order valence-electron chi connectivity index (χ3n) is 1.98. The van der Waals surface area contributed by atoms with Gasteiger partial charge in [0, 0.05) is 20.3 Å². The minimum Gasteiger partial charge on any atom is -0.291 e. The predicted molar refractivity (Wildman–Crippen MR) is 40.6 cm³/mol. The van der Waals surface area contributed by atoms with E-state index >= 15 is 0 Å². The number of hydrogen-bond donors (Lipinski definition) is 1. The molecule has 2 heteroatoms. The van der Waals surface area contributed by atoms with E-state index in [2.05, 4.69) is 13.8 Å². The lowest BCUT2D eigenvalue weighted by Crippen LogP contribution is -2.29. The van der Waals surface area contributed by atoms with Crippen LogP contribution in [0.2, 0.25) is 0 Å². The molecule has 0 aliphatic carbocycles. The van der Waals surface area contributed by atoms with Crippen molar-refractivity contribution in [3.8, 4) is 0 Å². The van der Waals surface area contributed by atoms with Crippen molar-refractivity contribution in [1.82, 2.24) is 0 Å². The highest BCUT2D eigenvalue weighted by Crippen LogP contribution is 2.33. The monoisotopic (exact) mass is 142 g/mol. The molecule has 10 heavy (non-hydrogen) atoms. The first-order valence-electron chi connectivity index (χ1n) is 3.68. The molecule has 0 radical (unpaired) electrons. The highest BCUT2D eigenvalue weighted by molar-refractivity contribution is 5.61. The fourth-order valence-corrected chi connectivity index (χ4v) is 1.75. The van der Waals surface area contributed by atoms with Gasteiger partial charge in [-0.2, -0.15) is 0 Å². The summed E-state index contributed by atoms with van der Waals surface area (Å²) in [7, 11) is 0. The average Bonchev–Trinajstić information content (AvgIpc) is 1.73. The van der Waals surface area contributed by atoms with Crippen molar-refractivity contribution in [2.75, 3.05) is 0 Å². The minimum atomic E-state index is -0.0799. The zero-order chi connectivity index (χ0) is 7.99. The van der Waals surface area contributed by atoms with Crippen LogP contribution in [0.5, 0.6) is 0 Å². The van der Waals surface area contributed by atoms with Gasteiger partial charge in [0.25, 0.3) is 0 Å². The van der Waals surface area contributed by atoms with Gasteiger partial charge in [0.1, 0.15) is 0 Å². The Hall–Kier alpha value is -0.530. The third-order valence-corrected chi connectivity index (χ3v) is 1.98. The summed E-state index contributed by atoms with van der Waals surface area (Å²) in [6.07, 6.45) is 2.89. The topological polar surface area (TPSA) is 23.2 Å². The van der Waals surface area contributed by atoms with Crippen molar-refractivity contribution in [2.24, 2.45) is 5.41 Å². The number of rotatable bonds is 0. The van der Waals surface area contributed by atoms with Gasteiger partial charge in [-0.05, 0) is 4.74 Å². The predicted octanol–water partition coefficient (Wildman–Crippen LogP) is 1.67. The van der Waals surface area contributed by atoms with Gasteiger partial charge in [-0.15, -0.1) is 0 Å². The zero-order valence-corrected chi connectivity index (χ0v) is 7.18. The maximum Gasteiger partial charge on any atom is 0.206 e. The summed E-state index contributed by atoms with van der Waals surface area (Å²) < 4.78 is 1.33. The maximum absolute atomic E-state index is 9.37. The van der Waals surface area contributed by atoms with E-state index in [4.69, 9.17) is 0 Å². The molecule has 0 aromatic carbocycles. The smallest absolute Gasteiger partial charge is 0.206 e. The third kappa shape index (κ3) is 1.15. The molecule has 0 aromatic heterocycles. The van der Waals surface area contributed by atoms with Crippen molar-refractivity contribution in [3.63, 3.8) is 0 Å². The fourth-order valence-electron chi connectivity index (χ4n) is 1.75. The van der Waals surface area contributed by atoms with E-state index in [-0.39, 0.29) is 11.0 Å². The van der Waals surface area contributed by atoms with Crippen molar-refractivity contribution in [2.45, 2.75) is 39.7 Å². The Labute approximate surface area is 62.1 Å². The van der Waals surface area contributed by atoms with Gasteiger partial charge in [-0.1, -0.05) is 13.8 Å². The molecule has 0 amide bonds. The van der Waals surface area contributed by atoms with E-state index in [0.29, 0.717) is 0 Å². The number of hydroxylamine groups is 1. The van der Waals surface area contributed by atoms with E-state index in [1.165, 1.54) is 4.74 Å². The van der Waals surface area contributed by atoms with E-state index in [1.807, 2.05) is 20.1 Å². The summed E-state index contributed by atoms with van der Waals surface area (Å²) in [6, 6.07) is 0. The molecular formula is C8H16NO+. The Morgan fingerprint density at radius 3 is 1.90 bits per heavy atom. The maximum atomic E-state index is 9.37. The van der Waals surface area contributed by atoms with Gasteiger partial charge >= 0.3 is 0 Å². The molecule has 0 unspecified atom stereocenters. The van der Waals surface area contributed by atoms with Crippen LogP contribution < -0.4 is 0 Å². The summed E-state index contributed by atoms with van der Waals surface area (Å²) >= 11 is 0. The highest BCUT2D eigenvalue weighted by atomic mass is 16.5. The van der Waals surface area contributed by atoms with Crippen LogP contribution in [0.3, 0.4) is 0 Å². The Morgan fingerprint density at radius 1 is 1.30 bits per heavy atom. The molecule has 1 N–H and O–H groups in total. The largest absolute Gasteiger partial charge is 0.291 e. The van der Waals surface area contributed by atoms with Crippen molar-refractivity contribution < 1.29 is 9.95 Å². The van der Waals surface area contributed by atoms with E-state index in [0.717, 1.165) is 6.42 Å². The molecule has 1 aliphatic rings. The highest BCUT2D eigenvalue weighted by Gasteiger charge is 2.46. The first-order chi connectivity index (χ1) is 4.33. The Morgan fingerprint density at radius 2 is 1.80 bits per heavy atom. The standard InChI is InChI=1S/C8H16NO/c1-7(2)5-8(3,4)9(10)6-7/h6,10H,5H2,1-4H3/q+1. The van der Waals surface area contributed by atoms with Crippen LogP contribution in [0.15, 0.2) is 0 Å². The minimum absolute atomic E-state index is 0.0799. The summed E-state index contributed by atoms with van der Waals surface area (Å²) in [5.74, 6) is 0. The molecule has 0 aromatic rings. The van der Waals surface area contributed by atoms with Crippen LogP contribution in [0.25, 0.3) is 0 Å². The van der Waals surface area contributed by atoms with E-state index in [9.17, 15) is 5.21 Å². The molecule has 0 saturated heterocycles. The van der Waals surface area contributed by atoms with Crippen LogP contribution in [-0.2, 0) is 0 Å². The molecule has 1 heterocycles. The molecule has 1 aliphatic heterocycles. The van der Waals surface area contributed by atoms with Gasteiger partial charge in [-0.3, -0.25) is 5.21 Å². The van der Waals surface area contributed by atoms with E-state index < -0.39 is 0 Å². The van der Waals surface area contributed by atoms with Crippen LogP contribution in [-0.4, -0.2) is 21.7 Å². The Bertz CT molecular complexity index is 180. The van der Waals surface area contributed by atoms with Gasteiger partial charge in [-0.25, -0.2) is 0 Å². The van der Waals surface area contributed by atoms with Crippen LogP contribution in [0, 0.1) is 5.41 Å². The van der Waals surface area contributed by atoms with Crippen molar-refractivity contribution in [3.05, 3.63) is 0 Å². The van der Waals surface area contributed by atoms with Crippen molar-refractivity contribution in [1.29, 1.82) is 0 Å². The van der Waals surface area contributed by atoms with Crippen LogP contribution >= 0.6 is 0 Å². The fraction of sp³-hybridized carbons (Fsp3) is 0.875. The normalized spacial score (nSPS) is 28.2. The Balaban J connectivity index is 2.89. The van der Waals surface area contributed by atoms with Gasteiger partial charge < -0.3 is 0 Å². The quantitative estimate of drug-likeness (QED) is 0.403. The molecular weight excluding hydrogens is 126 g/mol. The number of hydrogen-bond acceptors (Lipinski definition) is 1. The molecule has 0 spiro atoms. The average molecular weight is 142 g/mol. The second-order valence-corrected chi connectivity index (χ2v) is 4.45. The lowest BCUT2D eigenvalue weighted by Gasteiger charge is -2.13. The van der Waals surface area contributed by atoms with E-state index in [1.54, 1.807) is 0 Å². The molecule has 0 atom stereocenters.